The summed E-state index contributed by atoms with van der Waals surface area (Å²) in [5.41, 5.74) is 0.432. The smallest absolute Gasteiger partial charge is 0.340 e. The lowest BCUT2D eigenvalue weighted by molar-refractivity contribution is -0.159. The predicted molar refractivity (Wildman–Crippen MR) is 93.2 cm³/mol. The summed E-state index contributed by atoms with van der Waals surface area (Å²) in [6.45, 7) is 1.82. The van der Waals surface area contributed by atoms with Crippen molar-refractivity contribution in [3.63, 3.8) is 0 Å². The van der Waals surface area contributed by atoms with Gasteiger partial charge in [-0.05, 0) is 11.6 Å². The van der Waals surface area contributed by atoms with Gasteiger partial charge in [0.15, 0.2) is 12.7 Å². The van der Waals surface area contributed by atoms with E-state index >= 15 is 0 Å². The number of rotatable bonds is 5. The van der Waals surface area contributed by atoms with Crippen molar-refractivity contribution in [3.8, 4) is 0 Å². The van der Waals surface area contributed by atoms with Crippen molar-refractivity contribution in [2.45, 2.75) is 6.10 Å². The molecule has 1 aromatic carbocycles. The van der Waals surface area contributed by atoms with Crippen LogP contribution in [0.3, 0.4) is 0 Å². The Balaban J connectivity index is 1.45. The maximum atomic E-state index is 12.2. The molecule has 0 radical (unpaired) electrons. The number of carbonyl (C=O) groups excluding carboxylic acids is 2. The lowest BCUT2D eigenvalue weighted by Gasteiger charge is -2.34. The molecule has 3 rings (SSSR count). The van der Waals surface area contributed by atoms with Gasteiger partial charge in [-0.1, -0.05) is 30.3 Å². The van der Waals surface area contributed by atoms with Crippen molar-refractivity contribution >= 4 is 17.8 Å². The Hall–Kier alpha value is -3.00. The maximum absolute atomic E-state index is 12.2. The second-order valence-electron chi connectivity index (χ2n) is 5.84. The SMILES string of the molecule is O=C(OCC(=O)N1CCN(c2ncccn2)CC1)[C@@H](O)c1ccccc1. The summed E-state index contributed by atoms with van der Waals surface area (Å²) in [5, 5.41) is 9.95. The van der Waals surface area contributed by atoms with Crippen LogP contribution >= 0.6 is 0 Å². The summed E-state index contributed by atoms with van der Waals surface area (Å²) < 4.78 is 4.97. The molecule has 26 heavy (non-hydrogen) atoms. The number of benzene rings is 1. The van der Waals surface area contributed by atoms with Crippen LogP contribution in [0.2, 0.25) is 0 Å². The molecule has 1 atom stereocenters. The van der Waals surface area contributed by atoms with Crippen LogP contribution in [-0.2, 0) is 14.3 Å². The van der Waals surface area contributed by atoms with Crippen molar-refractivity contribution in [2.75, 3.05) is 37.7 Å². The third kappa shape index (κ3) is 4.34. The summed E-state index contributed by atoms with van der Waals surface area (Å²) in [5.74, 6) is -0.481. The highest BCUT2D eigenvalue weighted by Gasteiger charge is 2.25. The van der Waals surface area contributed by atoms with Crippen LogP contribution in [0.25, 0.3) is 0 Å². The van der Waals surface area contributed by atoms with Gasteiger partial charge >= 0.3 is 5.97 Å². The van der Waals surface area contributed by atoms with Gasteiger partial charge in [0.2, 0.25) is 5.95 Å². The highest BCUT2D eigenvalue weighted by atomic mass is 16.5. The van der Waals surface area contributed by atoms with E-state index in [1.54, 1.807) is 53.7 Å². The molecule has 1 aliphatic rings. The molecule has 1 amide bonds. The van der Waals surface area contributed by atoms with Crippen molar-refractivity contribution < 1.29 is 19.4 Å². The lowest BCUT2D eigenvalue weighted by Crippen LogP contribution is -2.50. The molecular weight excluding hydrogens is 336 g/mol. The van der Waals surface area contributed by atoms with E-state index in [-0.39, 0.29) is 12.5 Å². The molecule has 0 aliphatic carbocycles. The highest BCUT2D eigenvalue weighted by Crippen LogP contribution is 2.14. The third-order valence-electron chi connectivity index (χ3n) is 4.14. The molecule has 8 heteroatoms. The molecule has 2 heterocycles. The molecular formula is C18H20N4O4. The Morgan fingerprint density at radius 1 is 1.04 bits per heavy atom. The Morgan fingerprint density at radius 3 is 2.35 bits per heavy atom. The molecule has 1 fully saturated rings. The van der Waals surface area contributed by atoms with Gasteiger partial charge in [0.05, 0.1) is 0 Å². The van der Waals surface area contributed by atoms with Gasteiger partial charge in [-0.3, -0.25) is 4.79 Å². The molecule has 2 aromatic rings. The van der Waals surface area contributed by atoms with Crippen LogP contribution < -0.4 is 4.90 Å². The number of esters is 1. The van der Waals surface area contributed by atoms with Gasteiger partial charge in [-0.25, -0.2) is 14.8 Å². The number of hydrogen-bond donors (Lipinski definition) is 1. The second kappa shape index (κ2) is 8.39. The average molecular weight is 356 g/mol. The molecule has 0 unspecified atom stereocenters. The maximum Gasteiger partial charge on any atom is 0.340 e. The van der Waals surface area contributed by atoms with Gasteiger partial charge in [0.25, 0.3) is 5.91 Å². The van der Waals surface area contributed by atoms with Crippen molar-refractivity contribution in [1.29, 1.82) is 0 Å². The summed E-state index contributed by atoms with van der Waals surface area (Å²) in [6.07, 6.45) is 1.96. The number of ether oxygens (including phenoxy) is 1. The first-order valence-electron chi connectivity index (χ1n) is 8.34. The first-order chi connectivity index (χ1) is 12.6. The van der Waals surface area contributed by atoms with E-state index in [0.717, 1.165) is 0 Å². The largest absolute Gasteiger partial charge is 0.453 e. The zero-order valence-electron chi connectivity index (χ0n) is 14.2. The molecule has 8 nitrogen and oxygen atoms in total. The van der Waals surface area contributed by atoms with Gasteiger partial charge < -0.3 is 19.6 Å². The zero-order valence-corrected chi connectivity index (χ0v) is 14.2. The predicted octanol–water partition coefficient (Wildman–Crippen LogP) is 0.402. The van der Waals surface area contributed by atoms with E-state index in [1.165, 1.54) is 0 Å². The first kappa shape index (κ1) is 17.8. The summed E-state index contributed by atoms with van der Waals surface area (Å²) in [6, 6.07) is 10.2. The number of carbonyl (C=O) groups is 2. The molecule has 1 aliphatic heterocycles. The number of aliphatic hydroxyl groups is 1. The summed E-state index contributed by atoms with van der Waals surface area (Å²) >= 11 is 0. The number of piperazine rings is 1. The molecule has 1 N–H and O–H groups in total. The fourth-order valence-corrected chi connectivity index (χ4v) is 2.68. The standard InChI is InChI=1S/C18H20N4O4/c23-15(13-26-17(25)16(24)14-5-2-1-3-6-14)21-9-11-22(12-10-21)18-19-7-4-8-20-18/h1-8,16,24H,9-13H2/t16-/m0/s1. The normalized spacial score (nSPS) is 15.4. The highest BCUT2D eigenvalue weighted by molar-refractivity contribution is 5.82. The number of aromatic nitrogens is 2. The summed E-state index contributed by atoms with van der Waals surface area (Å²) in [7, 11) is 0. The topological polar surface area (TPSA) is 95.9 Å². The number of hydrogen-bond acceptors (Lipinski definition) is 7. The lowest BCUT2D eigenvalue weighted by atomic mass is 10.1. The van der Waals surface area contributed by atoms with E-state index in [2.05, 4.69) is 9.97 Å². The molecule has 0 spiro atoms. The van der Waals surface area contributed by atoms with E-state index < -0.39 is 12.1 Å². The van der Waals surface area contributed by atoms with E-state index in [9.17, 15) is 14.7 Å². The average Bonchev–Trinajstić information content (AvgIpc) is 2.72. The third-order valence-corrected chi connectivity index (χ3v) is 4.14. The minimum atomic E-state index is -1.39. The van der Waals surface area contributed by atoms with Gasteiger partial charge in [0.1, 0.15) is 0 Å². The zero-order chi connectivity index (χ0) is 18.4. The van der Waals surface area contributed by atoms with Gasteiger partial charge in [0, 0.05) is 38.6 Å². The van der Waals surface area contributed by atoms with Crippen LogP contribution in [-0.4, -0.2) is 64.6 Å². The quantitative estimate of drug-likeness (QED) is 0.775. The number of aliphatic hydroxyl groups excluding tert-OH is 1. The van der Waals surface area contributed by atoms with E-state index in [1.807, 2.05) is 4.90 Å². The minimum absolute atomic E-state index is 0.285. The Bertz CT molecular complexity index is 733. The van der Waals surface area contributed by atoms with Crippen molar-refractivity contribution in [1.82, 2.24) is 14.9 Å². The van der Waals surface area contributed by atoms with Crippen LogP contribution in [0.1, 0.15) is 11.7 Å². The Morgan fingerprint density at radius 2 is 1.69 bits per heavy atom. The number of amides is 1. The fourth-order valence-electron chi connectivity index (χ4n) is 2.68. The first-order valence-corrected chi connectivity index (χ1v) is 8.34. The number of anilines is 1. The van der Waals surface area contributed by atoms with Crippen molar-refractivity contribution in [2.24, 2.45) is 0 Å². The molecule has 0 bridgehead atoms. The van der Waals surface area contributed by atoms with Crippen LogP contribution in [0, 0.1) is 0 Å². The monoisotopic (exact) mass is 356 g/mol. The van der Waals surface area contributed by atoms with E-state index in [4.69, 9.17) is 4.74 Å². The molecule has 136 valence electrons. The minimum Gasteiger partial charge on any atom is -0.453 e. The Labute approximate surface area is 151 Å². The fraction of sp³-hybridized carbons (Fsp3) is 0.333. The van der Waals surface area contributed by atoms with E-state index in [0.29, 0.717) is 37.7 Å². The molecule has 1 aromatic heterocycles. The molecule has 1 saturated heterocycles. The van der Waals surface area contributed by atoms with Crippen LogP contribution in [0.4, 0.5) is 5.95 Å². The number of nitrogens with zero attached hydrogens (tertiary/aromatic N) is 4. The van der Waals surface area contributed by atoms with Crippen molar-refractivity contribution in [3.05, 3.63) is 54.4 Å². The van der Waals surface area contributed by atoms with Crippen LogP contribution in [0.15, 0.2) is 48.8 Å². The van der Waals surface area contributed by atoms with Gasteiger partial charge in [-0.2, -0.15) is 0 Å². The Kier molecular flexibility index (Phi) is 5.75. The summed E-state index contributed by atoms with van der Waals surface area (Å²) in [4.78, 5) is 36.1. The van der Waals surface area contributed by atoms with Crippen LogP contribution in [0.5, 0.6) is 0 Å². The van der Waals surface area contributed by atoms with Gasteiger partial charge in [-0.15, -0.1) is 0 Å². The second-order valence-corrected chi connectivity index (χ2v) is 5.84. The molecule has 0 saturated carbocycles.